The average Bonchev–Trinajstić information content (AvgIpc) is 3.62. The first-order valence-electron chi connectivity index (χ1n) is 18.3. The zero-order chi connectivity index (χ0) is 37.5. The average molecular weight is 730 g/mol. The fraction of sp³-hybridized carbons (Fsp3) is 0.250. The summed E-state index contributed by atoms with van der Waals surface area (Å²) in [6.07, 6.45) is 9.21. The highest BCUT2D eigenvalue weighted by molar-refractivity contribution is 5.96. The van der Waals surface area contributed by atoms with Crippen molar-refractivity contribution in [3.05, 3.63) is 162 Å². The molecule has 0 spiro atoms. The Kier molecular flexibility index (Phi) is 11.2. The predicted molar refractivity (Wildman–Crippen MR) is 206 cm³/mol. The highest BCUT2D eigenvalue weighted by Crippen LogP contribution is 2.30. The van der Waals surface area contributed by atoms with E-state index in [0.29, 0.717) is 44.6 Å². The maximum absolute atomic E-state index is 14.8. The van der Waals surface area contributed by atoms with Gasteiger partial charge in [-0.3, -0.25) is 19.5 Å². The predicted octanol–water partition coefficient (Wildman–Crippen LogP) is 8.04. The van der Waals surface area contributed by atoms with Gasteiger partial charge in [-0.05, 0) is 71.0 Å². The van der Waals surface area contributed by atoms with Gasteiger partial charge in [-0.15, -0.1) is 0 Å². The van der Waals surface area contributed by atoms with Crippen molar-refractivity contribution < 1.29 is 22.8 Å². The summed E-state index contributed by atoms with van der Waals surface area (Å²) in [7, 11) is 0. The second-order valence-corrected chi connectivity index (χ2v) is 13.8. The lowest BCUT2D eigenvalue weighted by Crippen LogP contribution is -2.57. The van der Waals surface area contributed by atoms with Crippen LogP contribution < -0.4 is 0 Å². The molecule has 3 aromatic carbocycles. The van der Waals surface area contributed by atoms with Gasteiger partial charge < -0.3 is 14.8 Å². The van der Waals surface area contributed by atoms with Crippen molar-refractivity contribution in [3.63, 3.8) is 0 Å². The van der Waals surface area contributed by atoms with E-state index in [1.54, 1.807) is 11.1 Å². The molecular formula is C44H42F3N5O2. The monoisotopic (exact) mass is 729 g/mol. The van der Waals surface area contributed by atoms with Crippen molar-refractivity contribution in [2.24, 2.45) is 5.92 Å². The lowest BCUT2D eigenvalue weighted by atomic mass is 9.93. The van der Waals surface area contributed by atoms with Gasteiger partial charge >= 0.3 is 6.18 Å². The summed E-state index contributed by atoms with van der Waals surface area (Å²) in [5, 5.41) is 0.983. The number of hydrogen-bond acceptors (Lipinski definition) is 4. The lowest BCUT2D eigenvalue weighted by Gasteiger charge is -2.40. The van der Waals surface area contributed by atoms with Gasteiger partial charge in [0.05, 0.1) is 11.3 Å². The Morgan fingerprint density at radius 1 is 0.907 bits per heavy atom. The van der Waals surface area contributed by atoms with Gasteiger partial charge in [-0.2, -0.15) is 13.2 Å². The van der Waals surface area contributed by atoms with Gasteiger partial charge in [-0.25, -0.2) is 0 Å². The fourth-order valence-electron chi connectivity index (χ4n) is 7.21. The summed E-state index contributed by atoms with van der Waals surface area (Å²) in [5.74, 6) is -0.592. The van der Waals surface area contributed by atoms with Crippen LogP contribution >= 0.6 is 0 Å². The van der Waals surface area contributed by atoms with Gasteiger partial charge in [-0.1, -0.05) is 85.0 Å². The number of piperazine rings is 1. The van der Waals surface area contributed by atoms with E-state index in [1.807, 2.05) is 77.8 Å². The number of halogens is 3. The SMILES string of the molecule is O=C([C@H](Cc1c[nH]c2ccccc12)N(CC1C=CC(c2ccccn2)=CC1)C(=O)/C=C/c1ccc(C(F)(F)F)cc1)N1CCN(Cc2ccccc2)CC1. The molecule has 1 N–H and O–H groups in total. The highest BCUT2D eigenvalue weighted by Gasteiger charge is 2.36. The number of allylic oxidation sites excluding steroid dienone is 3. The third-order valence-electron chi connectivity index (χ3n) is 10.2. The van der Waals surface area contributed by atoms with Crippen molar-refractivity contribution in [1.82, 2.24) is 24.7 Å². The number of alkyl halides is 3. The highest BCUT2D eigenvalue weighted by atomic mass is 19.4. The number of benzene rings is 3. The molecule has 54 heavy (non-hydrogen) atoms. The molecule has 1 unspecified atom stereocenters. The molecule has 0 saturated carbocycles. The number of carbonyl (C=O) groups is 2. The van der Waals surface area contributed by atoms with Gasteiger partial charge in [0, 0.05) is 75.1 Å². The van der Waals surface area contributed by atoms with Crippen molar-refractivity contribution in [2.75, 3.05) is 32.7 Å². The Hall–Kier alpha value is -5.74. The number of amides is 2. The molecule has 7 rings (SSSR count). The summed E-state index contributed by atoms with van der Waals surface area (Å²) in [6.45, 7) is 3.52. The topological polar surface area (TPSA) is 72.5 Å². The summed E-state index contributed by atoms with van der Waals surface area (Å²) in [6, 6.07) is 27.8. The molecule has 2 amide bonds. The minimum atomic E-state index is -4.46. The van der Waals surface area contributed by atoms with E-state index in [1.165, 1.54) is 29.8 Å². The number of nitrogens with one attached hydrogen (secondary N) is 1. The minimum absolute atomic E-state index is 0.0816. The van der Waals surface area contributed by atoms with Crippen LogP contribution in [0.1, 0.15) is 34.4 Å². The third-order valence-corrected chi connectivity index (χ3v) is 10.2. The summed E-state index contributed by atoms with van der Waals surface area (Å²) in [4.78, 5) is 42.9. The molecule has 2 aliphatic rings. The van der Waals surface area contributed by atoms with Crippen LogP contribution in [0.2, 0.25) is 0 Å². The molecule has 1 aliphatic carbocycles. The standard InChI is InChI=1S/C44H42F3N5O2/c45-44(46,47)37-20-15-32(16-21-37)17-22-42(53)52(31-34-13-18-35(19-14-34)39-11-6-7-23-48-39)41(28-36-29-49-40-12-5-4-10-38(36)40)43(54)51-26-24-50(25-27-51)30-33-8-2-1-3-9-33/h1-13,15-23,29,34,41,49H,14,24-28,30-31H2/b22-17+/t34?,41-/m0/s1. The fourth-order valence-corrected chi connectivity index (χ4v) is 7.21. The Morgan fingerprint density at radius 3 is 2.35 bits per heavy atom. The molecule has 1 aliphatic heterocycles. The summed E-state index contributed by atoms with van der Waals surface area (Å²) in [5.41, 5.74) is 4.62. The molecule has 10 heteroatoms. The molecule has 1 saturated heterocycles. The normalized spacial score (nSPS) is 17.1. The molecule has 3 heterocycles. The second-order valence-electron chi connectivity index (χ2n) is 13.8. The number of para-hydroxylation sites is 1. The van der Waals surface area contributed by atoms with Crippen molar-refractivity contribution >= 4 is 34.4 Å². The number of H-pyrrole nitrogens is 1. The van der Waals surface area contributed by atoms with Crippen LogP contribution in [0.4, 0.5) is 13.2 Å². The number of nitrogens with zero attached hydrogens (tertiary/aromatic N) is 4. The Morgan fingerprint density at radius 2 is 1.65 bits per heavy atom. The maximum atomic E-state index is 14.8. The van der Waals surface area contributed by atoms with Crippen LogP contribution in [-0.2, 0) is 28.7 Å². The molecule has 2 atom stereocenters. The largest absolute Gasteiger partial charge is 0.416 e. The Labute approximate surface area is 313 Å². The maximum Gasteiger partial charge on any atom is 0.416 e. The van der Waals surface area contributed by atoms with Gasteiger partial charge in [0.1, 0.15) is 6.04 Å². The third kappa shape index (κ3) is 8.89. The molecule has 5 aromatic rings. The van der Waals surface area contributed by atoms with Crippen LogP contribution in [0.3, 0.4) is 0 Å². The van der Waals surface area contributed by atoms with Crippen LogP contribution in [0.5, 0.6) is 0 Å². The van der Waals surface area contributed by atoms with Crippen molar-refractivity contribution in [1.29, 1.82) is 0 Å². The molecule has 7 nitrogen and oxygen atoms in total. The molecule has 0 radical (unpaired) electrons. The number of aromatic nitrogens is 2. The van der Waals surface area contributed by atoms with Crippen molar-refractivity contribution in [3.8, 4) is 0 Å². The van der Waals surface area contributed by atoms with E-state index in [4.69, 9.17) is 0 Å². The smallest absolute Gasteiger partial charge is 0.361 e. The summed E-state index contributed by atoms with van der Waals surface area (Å²) < 4.78 is 39.7. The van der Waals surface area contributed by atoms with E-state index in [-0.39, 0.29) is 24.3 Å². The number of aromatic amines is 1. The van der Waals surface area contributed by atoms with Gasteiger partial charge in [0.15, 0.2) is 0 Å². The minimum Gasteiger partial charge on any atom is -0.361 e. The van der Waals surface area contributed by atoms with E-state index in [2.05, 4.69) is 39.2 Å². The van der Waals surface area contributed by atoms with E-state index in [9.17, 15) is 22.8 Å². The summed E-state index contributed by atoms with van der Waals surface area (Å²) >= 11 is 0. The Balaban J connectivity index is 1.18. The zero-order valence-corrected chi connectivity index (χ0v) is 29.8. The van der Waals surface area contributed by atoms with Gasteiger partial charge in [0.25, 0.3) is 0 Å². The number of hydrogen-bond donors (Lipinski definition) is 1. The lowest BCUT2D eigenvalue weighted by molar-refractivity contribution is -0.145. The molecular weight excluding hydrogens is 688 g/mol. The van der Waals surface area contributed by atoms with E-state index in [0.717, 1.165) is 46.4 Å². The van der Waals surface area contributed by atoms with Crippen LogP contribution in [0.15, 0.2) is 134 Å². The molecule has 1 fully saturated rings. The number of pyridine rings is 1. The first-order valence-corrected chi connectivity index (χ1v) is 18.3. The molecule has 276 valence electrons. The van der Waals surface area contributed by atoms with Crippen molar-refractivity contribution in [2.45, 2.75) is 31.6 Å². The van der Waals surface area contributed by atoms with Crippen LogP contribution in [-0.4, -0.2) is 75.2 Å². The Bertz CT molecular complexity index is 2130. The first-order chi connectivity index (χ1) is 26.2. The quantitative estimate of drug-likeness (QED) is 0.140. The van der Waals surface area contributed by atoms with Crippen LogP contribution in [0.25, 0.3) is 22.6 Å². The van der Waals surface area contributed by atoms with Gasteiger partial charge in [0.2, 0.25) is 11.8 Å². The number of rotatable bonds is 11. The van der Waals surface area contributed by atoms with E-state index < -0.39 is 17.8 Å². The number of carbonyl (C=O) groups excluding carboxylic acids is 2. The molecule has 2 aromatic heterocycles. The zero-order valence-electron chi connectivity index (χ0n) is 29.8. The molecule has 0 bridgehead atoms. The van der Waals surface area contributed by atoms with Crippen LogP contribution in [0, 0.1) is 5.92 Å². The van der Waals surface area contributed by atoms with E-state index >= 15 is 0 Å². The number of fused-ring (bicyclic) bond motifs is 1. The first kappa shape index (κ1) is 36.6. The second kappa shape index (κ2) is 16.5.